The Hall–Kier alpha value is -3.81. The van der Waals surface area contributed by atoms with Gasteiger partial charge in [-0.3, -0.25) is 9.48 Å². The van der Waals surface area contributed by atoms with Gasteiger partial charge in [-0.1, -0.05) is 24.6 Å². The Labute approximate surface area is 219 Å². The number of allylic oxidation sites excluding steroid dienone is 1. The molecular formula is C29H38N6O2. The lowest BCUT2D eigenvalue weighted by molar-refractivity contribution is -0.119. The SMILES string of the molecule is CCC(C)=Cc1cc(-c2cnn(C)c2)n(C2CCN(C=O)CC2)c1/N=C(\C)Nc1ccc(C)cc1OC. The van der Waals surface area contributed by atoms with Crippen LogP contribution in [0.3, 0.4) is 0 Å². The van der Waals surface area contributed by atoms with E-state index in [0.29, 0.717) is 0 Å². The summed E-state index contributed by atoms with van der Waals surface area (Å²) in [6.07, 6.45) is 9.84. The third kappa shape index (κ3) is 5.96. The molecule has 0 atom stereocenters. The fourth-order valence-corrected chi connectivity index (χ4v) is 4.81. The molecule has 8 nitrogen and oxygen atoms in total. The van der Waals surface area contributed by atoms with Crippen LogP contribution in [0.5, 0.6) is 5.75 Å². The molecule has 1 N–H and O–H groups in total. The summed E-state index contributed by atoms with van der Waals surface area (Å²) in [6.45, 7) is 9.82. The average molecular weight is 503 g/mol. The molecule has 0 spiro atoms. The summed E-state index contributed by atoms with van der Waals surface area (Å²) in [5, 5.41) is 7.89. The lowest BCUT2D eigenvalue weighted by Crippen LogP contribution is -2.33. The Balaban J connectivity index is 1.84. The summed E-state index contributed by atoms with van der Waals surface area (Å²) < 4.78 is 9.78. The van der Waals surface area contributed by atoms with Crippen molar-refractivity contribution < 1.29 is 9.53 Å². The second-order valence-electron chi connectivity index (χ2n) is 9.82. The van der Waals surface area contributed by atoms with Crippen molar-refractivity contribution in [3.05, 3.63) is 53.4 Å². The van der Waals surface area contributed by atoms with Crippen LogP contribution >= 0.6 is 0 Å². The zero-order valence-corrected chi connectivity index (χ0v) is 22.8. The smallest absolute Gasteiger partial charge is 0.209 e. The van der Waals surface area contributed by atoms with Gasteiger partial charge in [0, 0.05) is 43.5 Å². The third-order valence-corrected chi connectivity index (χ3v) is 6.96. The molecule has 4 rings (SSSR count). The van der Waals surface area contributed by atoms with E-state index in [2.05, 4.69) is 47.0 Å². The molecule has 1 amide bonds. The standard InChI is InChI=1S/C29H38N6O2/c1-7-20(2)14-23-16-27(24-17-30-33(5)18-24)35(25-10-12-34(19-36)13-11-25)29(23)32-22(4)31-26-9-8-21(3)15-28(26)37-6/h8-9,14-19,25H,7,10-13H2,1-6H3,(H,31,32). The number of aromatic nitrogens is 3. The molecule has 37 heavy (non-hydrogen) atoms. The number of methoxy groups -OCH3 is 1. The van der Waals surface area contributed by atoms with Crippen LogP contribution in [-0.2, 0) is 11.8 Å². The van der Waals surface area contributed by atoms with Crippen LogP contribution in [-0.4, -0.2) is 51.7 Å². The van der Waals surface area contributed by atoms with E-state index in [-0.39, 0.29) is 6.04 Å². The van der Waals surface area contributed by atoms with Gasteiger partial charge in [0.2, 0.25) is 6.41 Å². The topological polar surface area (TPSA) is 76.7 Å². The number of carbonyl (C=O) groups is 1. The number of piperidine rings is 1. The fourth-order valence-electron chi connectivity index (χ4n) is 4.81. The lowest BCUT2D eigenvalue weighted by Gasteiger charge is -2.32. The molecule has 1 aromatic carbocycles. The number of ether oxygens (including phenoxy) is 1. The molecule has 0 aliphatic carbocycles. The van der Waals surface area contributed by atoms with E-state index >= 15 is 0 Å². The van der Waals surface area contributed by atoms with Gasteiger partial charge in [-0.05, 0) is 63.8 Å². The first-order valence-corrected chi connectivity index (χ1v) is 12.9. The monoisotopic (exact) mass is 502 g/mol. The van der Waals surface area contributed by atoms with E-state index in [1.165, 1.54) is 5.57 Å². The maximum Gasteiger partial charge on any atom is 0.209 e. The maximum absolute atomic E-state index is 11.4. The predicted molar refractivity (Wildman–Crippen MR) is 151 cm³/mol. The van der Waals surface area contributed by atoms with E-state index < -0.39 is 0 Å². The van der Waals surface area contributed by atoms with Crippen molar-refractivity contribution in [2.45, 2.75) is 53.0 Å². The molecule has 3 aromatic rings. The minimum Gasteiger partial charge on any atom is -0.495 e. The van der Waals surface area contributed by atoms with Gasteiger partial charge in [0.25, 0.3) is 0 Å². The second kappa shape index (κ2) is 11.5. The number of hydrogen-bond acceptors (Lipinski definition) is 4. The first kappa shape index (κ1) is 26.3. The first-order valence-electron chi connectivity index (χ1n) is 12.9. The third-order valence-electron chi connectivity index (χ3n) is 6.96. The van der Waals surface area contributed by atoms with Gasteiger partial charge in [-0.15, -0.1) is 0 Å². The van der Waals surface area contributed by atoms with Crippen LogP contribution in [0.1, 0.15) is 57.2 Å². The predicted octanol–water partition coefficient (Wildman–Crippen LogP) is 5.97. The highest BCUT2D eigenvalue weighted by atomic mass is 16.5. The zero-order valence-electron chi connectivity index (χ0n) is 22.8. The number of carbonyl (C=O) groups excluding carboxylic acids is 1. The molecule has 1 saturated heterocycles. The molecular weight excluding hydrogens is 464 g/mol. The number of aliphatic imine (C=N–C) groups is 1. The van der Waals surface area contributed by atoms with E-state index in [1.807, 2.05) is 55.0 Å². The molecule has 1 fully saturated rings. The number of aryl methyl sites for hydroxylation is 2. The fraction of sp³-hybridized carbons (Fsp3) is 0.414. The van der Waals surface area contributed by atoms with E-state index in [1.54, 1.807) is 7.11 Å². The van der Waals surface area contributed by atoms with Gasteiger partial charge in [-0.2, -0.15) is 5.10 Å². The highest BCUT2D eigenvalue weighted by Gasteiger charge is 2.26. The van der Waals surface area contributed by atoms with Gasteiger partial charge in [0.1, 0.15) is 17.4 Å². The second-order valence-corrected chi connectivity index (χ2v) is 9.82. The summed E-state index contributed by atoms with van der Waals surface area (Å²) in [5.74, 6) is 2.46. The Morgan fingerprint density at radius 1 is 1.24 bits per heavy atom. The van der Waals surface area contributed by atoms with Gasteiger partial charge >= 0.3 is 0 Å². The highest BCUT2D eigenvalue weighted by Crippen LogP contribution is 2.39. The number of anilines is 1. The van der Waals surface area contributed by atoms with Crippen molar-refractivity contribution in [1.29, 1.82) is 0 Å². The van der Waals surface area contributed by atoms with Gasteiger partial charge in [-0.25, -0.2) is 4.99 Å². The van der Waals surface area contributed by atoms with Crippen molar-refractivity contribution in [1.82, 2.24) is 19.2 Å². The minimum atomic E-state index is 0.218. The van der Waals surface area contributed by atoms with Crippen LogP contribution in [0.25, 0.3) is 17.3 Å². The normalized spacial score (nSPS) is 15.2. The van der Waals surface area contributed by atoms with E-state index in [4.69, 9.17) is 9.73 Å². The van der Waals surface area contributed by atoms with Gasteiger partial charge in [0.05, 0.1) is 24.7 Å². The summed E-state index contributed by atoms with van der Waals surface area (Å²) in [5.41, 5.74) is 6.52. The van der Waals surface area contributed by atoms with Crippen LogP contribution in [0.15, 0.2) is 47.2 Å². The molecule has 8 heteroatoms. The number of rotatable bonds is 8. The van der Waals surface area contributed by atoms with E-state index in [9.17, 15) is 4.79 Å². The quantitative estimate of drug-likeness (QED) is 0.234. The lowest BCUT2D eigenvalue weighted by atomic mass is 10.0. The number of nitrogens with zero attached hydrogens (tertiary/aromatic N) is 5. The average Bonchev–Trinajstić information content (AvgIpc) is 3.48. The van der Waals surface area contributed by atoms with Crippen LogP contribution in [0.2, 0.25) is 0 Å². The number of benzene rings is 1. The molecule has 0 unspecified atom stereocenters. The molecule has 3 heterocycles. The van der Waals surface area contributed by atoms with E-state index in [0.717, 1.165) is 84.2 Å². The Morgan fingerprint density at radius 2 is 2.00 bits per heavy atom. The van der Waals surface area contributed by atoms with Crippen molar-refractivity contribution in [2.24, 2.45) is 12.0 Å². The number of amidine groups is 1. The number of nitrogens with one attached hydrogen (secondary N) is 1. The van der Waals surface area contributed by atoms with Gasteiger partial charge in [0.15, 0.2) is 0 Å². The van der Waals surface area contributed by atoms with Gasteiger partial charge < -0.3 is 19.5 Å². The molecule has 0 bridgehead atoms. The molecule has 1 aliphatic heterocycles. The molecule has 0 saturated carbocycles. The van der Waals surface area contributed by atoms with Crippen molar-refractivity contribution >= 4 is 29.8 Å². The number of amides is 1. The molecule has 196 valence electrons. The largest absolute Gasteiger partial charge is 0.495 e. The molecule has 0 radical (unpaired) electrons. The Kier molecular flexibility index (Phi) is 8.16. The highest BCUT2D eigenvalue weighted by molar-refractivity contribution is 5.97. The Morgan fingerprint density at radius 3 is 2.62 bits per heavy atom. The van der Waals surface area contributed by atoms with Crippen LogP contribution < -0.4 is 10.1 Å². The summed E-state index contributed by atoms with van der Waals surface area (Å²) in [7, 11) is 3.61. The maximum atomic E-state index is 11.4. The van der Waals surface area contributed by atoms with Crippen molar-refractivity contribution in [3.8, 4) is 17.0 Å². The summed E-state index contributed by atoms with van der Waals surface area (Å²) in [6, 6.07) is 8.53. The van der Waals surface area contributed by atoms with Crippen LogP contribution in [0, 0.1) is 6.92 Å². The summed E-state index contributed by atoms with van der Waals surface area (Å²) >= 11 is 0. The first-order chi connectivity index (χ1) is 17.8. The minimum absolute atomic E-state index is 0.218. The van der Waals surface area contributed by atoms with Crippen molar-refractivity contribution in [2.75, 3.05) is 25.5 Å². The molecule has 2 aromatic heterocycles. The number of hydrogen-bond donors (Lipinski definition) is 1. The number of likely N-dealkylation sites (tertiary alicyclic amines) is 1. The Bertz CT molecular complexity index is 1310. The zero-order chi connectivity index (χ0) is 26.5. The summed E-state index contributed by atoms with van der Waals surface area (Å²) in [4.78, 5) is 18.4. The molecule has 1 aliphatic rings. The van der Waals surface area contributed by atoms with Crippen molar-refractivity contribution in [3.63, 3.8) is 0 Å². The van der Waals surface area contributed by atoms with Crippen LogP contribution in [0.4, 0.5) is 11.5 Å².